The summed E-state index contributed by atoms with van der Waals surface area (Å²) in [6.45, 7) is 4.36. The Morgan fingerprint density at radius 2 is 1.66 bits per heavy atom. The smallest absolute Gasteiger partial charge is 0.212 e. The lowest BCUT2D eigenvalue weighted by atomic mass is 9.99. The quantitative estimate of drug-likeness (QED) is 0.551. The summed E-state index contributed by atoms with van der Waals surface area (Å²) >= 11 is 1.53. The second-order valence-corrected chi connectivity index (χ2v) is 10.2. The van der Waals surface area contributed by atoms with E-state index < -0.39 is 16.1 Å². The molecule has 1 aromatic heterocycles. The Morgan fingerprint density at radius 1 is 1.00 bits per heavy atom. The van der Waals surface area contributed by atoms with Crippen LogP contribution in [0, 0.1) is 17.2 Å². The van der Waals surface area contributed by atoms with E-state index in [4.69, 9.17) is 5.26 Å². The molecule has 1 heterocycles. The highest BCUT2D eigenvalue weighted by Gasteiger charge is 2.22. The molecule has 1 unspecified atom stereocenters. The Bertz CT molecular complexity index is 1060. The first kappa shape index (κ1) is 21.3. The maximum atomic E-state index is 12.9. The molecule has 3 rings (SSSR count). The van der Waals surface area contributed by atoms with E-state index in [-0.39, 0.29) is 5.75 Å². The number of hydrogen-bond donors (Lipinski definition) is 1. The molecular weight excluding hydrogens is 400 g/mol. The molecule has 0 saturated carbocycles. The van der Waals surface area contributed by atoms with Crippen LogP contribution in [0.4, 0.5) is 0 Å². The van der Waals surface area contributed by atoms with Crippen LogP contribution in [-0.4, -0.2) is 8.42 Å². The fraction of sp³-hybridized carbons (Fsp3) is 0.261. The van der Waals surface area contributed by atoms with Crippen LogP contribution in [-0.2, 0) is 22.2 Å². The van der Waals surface area contributed by atoms with Gasteiger partial charge in [0.2, 0.25) is 10.0 Å². The van der Waals surface area contributed by atoms with Gasteiger partial charge in [-0.25, -0.2) is 13.1 Å². The van der Waals surface area contributed by atoms with E-state index >= 15 is 0 Å². The average Bonchev–Trinajstić information content (AvgIpc) is 3.21. The van der Waals surface area contributed by atoms with Crippen LogP contribution in [0.5, 0.6) is 0 Å². The topological polar surface area (TPSA) is 70.0 Å². The molecule has 0 saturated heterocycles. The molecule has 0 radical (unpaired) electrons. The van der Waals surface area contributed by atoms with Crippen molar-refractivity contribution in [3.05, 3.63) is 93.2 Å². The number of nitriles is 1. The molecule has 150 valence electrons. The summed E-state index contributed by atoms with van der Waals surface area (Å²) in [4.78, 5) is 0.949. The standard InChI is InChI=1S/C23H24N2O2S2/c1-17(2)14-18-9-11-21(12-10-18)23(22-4-3-13-28-22)25-29(26,27)16-20-7-5-19(15-24)6-8-20/h3-13,17,23,25H,14,16H2,1-2H3. The lowest BCUT2D eigenvalue weighted by molar-refractivity contribution is 0.572. The Hall–Kier alpha value is -2.46. The minimum atomic E-state index is -3.58. The summed E-state index contributed by atoms with van der Waals surface area (Å²) in [5, 5.41) is 10.8. The lowest BCUT2D eigenvalue weighted by Gasteiger charge is -2.19. The van der Waals surface area contributed by atoms with Gasteiger partial charge in [-0.2, -0.15) is 5.26 Å². The average molecular weight is 425 g/mol. The zero-order chi connectivity index (χ0) is 20.9. The molecule has 0 aliphatic carbocycles. The van der Waals surface area contributed by atoms with E-state index in [2.05, 4.69) is 30.7 Å². The fourth-order valence-corrected chi connectivity index (χ4v) is 5.39. The third kappa shape index (κ3) is 6.01. The normalized spacial score (nSPS) is 12.6. The molecule has 3 aromatic rings. The fourth-order valence-electron chi connectivity index (χ4n) is 3.18. The first-order valence-corrected chi connectivity index (χ1v) is 12.0. The van der Waals surface area contributed by atoms with E-state index in [9.17, 15) is 8.42 Å². The van der Waals surface area contributed by atoms with E-state index in [1.807, 2.05) is 35.7 Å². The van der Waals surface area contributed by atoms with Gasteiger partial charge in [-0.1, -0.05) is 56.3 Å². The summed E-state index contributed by atoms with van der Waals surface area (Å²) in [7, 11) is -3.58. The second kappa shape index (κ2) is 9.36. The number of nitrogens with one attached hydrogen (secondary N) is 1. The van der Waals surface area contributed by atoms with E-state index in [1.165, 1.54) is 16.9 Å². The monoisotopic (exact) mass is 424 g/mol. The van der Waals surface area contributed by atoms with Crippen LogP contribution in [0.1, 0.15) is 47.0 Å². The SMILES string of the molecule is CC(C)Cc1ccc(C(NS(=O)(=O)Cc2ccc(C#N)cc2)c2cccs2)cc1. The minimum Gasteiger partial charge on any atom is -0.212 e. The lowest BCUT2D eigenvalue weighted by Crippen LogP contribution is -2.30. The summed E-state index contributed by atoms with van der Waals surface area (Å²) in [6, 6.07) is 20.3. The molecule has 0 spiro atoms. The molecule has 4 nitrogen and oxygen atoms in total. The highest BCUT2D eigenvalue weighted by molar-refractivity contribution is 7.88. The zero-order valence-electron chi connectivity index (χ0n) is 16.5. The van der Waals surface area contributed by atoms with Gasteiger partial charge >= 0.3 is 0 Å². The molecule has 1 N–H and O–H groups in total. The number of nitrogens with zero attached hydrogens (tertiary/aromatic N) is 1. The molecule has 6 heteroatoms. The van der Waals surface area contributed by atoms with Crippen LogP contribution in [0.25, 0.3) is 0 Å². The molecule has 29 heavy (non-hydrogen) atoms. The number of sulfonamides is 1. The summed E-state index contributed by atoms with van der Waals surface area (Å²) < 4.78 is 28.6. The number of thiophene rings is 1. The highest BCUT2D eigenvalue weighted by atomic mass is 32.2. The molecule has 0 bridgehead atoms. The van der Waals surface area contributed by atoms with Crippen molar-refractivity contribution in [1.29, 1.82) is 5.26 Å². The van der Waals surface area contributed by atoms with E-state index in [1.54, 1.807) is 24.3 Å². The molecule has 0 amide bonds. The van der Waals surface area contributed by atoms with Crippen molar-refractivity contribution in [3.63, 3.8) is 0 Å². The predicted molar refractivity (Wildman–Crippen MR) is 118 cm³/mol. The van der Waals surface area contributed by atoms with Crippen molar-refractivity contribution < 1.29 is 8.42 Å². The van der Waals surface area contributed by atoms with Crippen molar-refractivity contribution in [2.75, 3.05) is 0 Å². The van der Waals surface area contributed by atoms with E-state index in [0.717, 1.165) is 16.9 Å². The van der Waals surface area contributed by atoms with Crippen LogP contribution in [0.2, 0.25) is 0 Å². The van der Waals surface area contributed by atoms with Gasteiger partial charge in [-0.15, -0.1) is 11.3 Å². The molecule has 0 aliphatic heterocycles. The Labute approximate surface area is 176 Å². The van der Waals surface area contributed by atoms with Gasteiger partial charge < -0.3 is 0 Å². The van der Waals surface area contributed by atoms with Crippen LogP contribution < -0.4 is 4.72 Å². The molecule has 0 fully saturated rings. The summed E-state index contributed by atoms with van der Waals surface area (Å²) in [5.41, 5.74) is 3.32. The second-order valence-electron chi connectivity index (χ2n) is 7.47. The Morgan fingerprint density at radius 3 is 2.21 bits per heavy atom. The first-order valence-electron chi connectivity index (χ1n) is 9.47. The van der Waals surface area contributed by atoms with Gasteiger partial charge in [-0.3, -0.25) is 0 Å². The predicted octanol–water partition coefficient (Wildman–Crippen LogP) is 5.03. The van der Waals surface area contributed by atoms with Gasteiger partial charge in [0.25, 0.3) is 0 Å². The molecule has 0 aliphatic rings. The molecule has 2 aromatic carbocycles. The van der Waals surface area contributed by atoms with E-state index in [0.29, 0.717) is 17.0 Å². The first-order chi connectivity index (χ1) is 13.9. The Balaban J connectivity index is 1.82. The van der Waals surface area contributed by atoms with Crippen LogP contribution in [0.15, 0.2) is 66.0 Å². The van der Waals surface area contributed by atoms with Crippen LogP contribution >= 0.6 is 11.3 Å². The number of rotatable bonds is 8. The zero-order valence-corrected chi connectivity index (χ0v) is 18.1. The highest BCUT2D eigenvalue weighted by Crippen LogP contribution is 2.28. The minimum absolute atomic E-state index is 0.133. The third-order valence-corrected chi connectivity index (χ3v) is 6.77. The van der Waals surface area contributed by atoms with Gasteiger partial charge in [0.05, 0.1) is 23.4 Å². The number of benzene rings is 2. The van der Waals surface area contributed by atoms with Crippen molar-refractivity contribution in [2.45, 2.75) is 32.1 Å². The molecular formula is C23H24N2O2S2. The number of hydrogen-bond acceptors (Lipinski definition) is 4. The van der Waals surface area contributed by atoms with Gasteiger partial charge in [0.1, 0.15) is 0 Å². The van der Waals surface area contributed by atoms with Crippen molar-refractivity contribution in [1.82, 2.24) is 4.72 Å². The largest absolute Gasteiger partial charge is 0.216 e. The summed E-state index contributed by atoms with van der Waals surface area (Å²) in [5.74, 6) is 0.436. The Kier molecular flexibility index (Phi) is 6.86. The van der Waals surface area contributed by atoms with Crippen molar-refractivity contribution in [2.24, 2.45) is 5.92 Å². The maximum Gasteiger partial charge on any atom is 0.216 e. The van der Waals surface area contributed by atoms with Gasteiger partial charge in [0.15, 0.2) is 0 Å². The van der Waals surface area contributed by atoms with Gasteiger partial charge in [-0.05, 0) is 52.6 Å². The van der Waals surface area contributed by atoms with Crippen molar-refractivity contribution in [3.8, 4) is 6.07 Å². The van der Waals surface area contributed by atoms with Crippen LogP contribution in [0.3, 0.4) is 0 Å². The summed E-state index contributed by atoms with van der Waals surface area (Å²) in [6.07, 6.45) is 0.994. The molecule has 1 atom stereocenters. The maximum absolute atomic E-state index is 12.9. The van der Waals surface area contributed by atoms with Crippen molar-refractivity contribution >= 4 is 21.4 Å². The van der Waals surface area contributed by atoms with Gasteiger partial charge in [0, 0.05) is 4.88 Å². The third-order valence-electron chi connectivity index (χ3n) is 4.52.